The van der Waals surface area contributed by atoms with Crippen LogP contribution in [0.2, 0.25) is 0 Å². The highest BCUT2D eigenvalue weighted by atomic mass is 19.1. The Labute approximate surface area is 110 Å². The lowest BCUT2D eigenvalue weighted by Crippen LogP contribution is -2.25. The van der Waals surface area contributed by atoms with Gasteiger partial charge in [-0.15, -0.1) is 0 Å². The van der Waals surface area contributed by atoms with Crippen molar-refractivity contribution < 1.29 is 8.78 Å². The van der Waals surface area contributed by atoms with Crippen LogP contribution in [0.4, 0.5) is 8.78 Å². The number of rotatable bonds is 3. The predicted octanol–water partition coefficient (Wildman–Crippen LogP) is 2.05. The van der Waals surface area contributed by atoms with E-state index < -0.39 is 11.6 Å². The molecule has 3 nitrogen and oxygen atoms in total. The van der Waals surface area contributed by atoms with Gasteiger partial charge in [-0.1, -0.05) is 0 Å². The first kappa shape index (κ1) is 12.3. The first-order valence-electron chi connectivity index (χ1n) is 6.41. The van der Waals surface area contributed by atoms with E-state index in [0.29, 0.717) is 18.5 Å². The summed E-state index contributed by atoms with van der Waals surface area (Å²) in [6.45, 7) is 2.45. The van der Waals surface area contributed by atoms with Crippen molar-refractivity contribution in [2.24, 2.45) is 0 Å². The van der Waals surface area contributed by atoms with Crippen molar-refractivity contribution >= 4 is 0 Å². The molecule has 2 aromatic rings. The Morgan fingerprint density at radius 3 is 2.79 bits per heavy atom. The van der Waals surface area contributed by atoms with E-state index >= 15 is 0 Å². The number of fused-ring (bicyclic) bond motifs is 1. The summed E-state index contributed by atoms with van der Waals surface area (Å²) in [4.78, 5) is 4.36. The molecule has 5 heteroatoms. The highest BCUT2D eigenvalue weighted by Crippen LogP contribution is 2.14. The van der Waals surface area contributed by atoms with Gasteiger partial charge in [0.25, 0.3) is 0 Å². The van der Waals surface area contributed by atoms with Crippen molar-refractivity contribution in [2.75, 3.05) is 6.54 Å². The lowest BCUT2D eigenvalue weighted by molar-refractivity contribution is 0.569. The molecule has 1 aliphatic heterocycles. The second-order valence-corrected chi connectivity index (χ2v) is 4.79. The predicted molar refractivity (Wildman–Crippen MR) is 67.7 cm³/mol. The highest BCUT2D eigenvalue weighted by molar-refractivity contribution is 5.19. The summed E-state index contributed by atoms with van der Waals surface area (Å²) in [5, 5.41) is 3.27. The molecule has 0 spiro atoms. The lowest BCUT2D eigenvalue weighted by atomic mass is 10.1. The van der Waals surface area contributed by atoms with Crippen LogP contribution in [-0.2, 0) is 25.9 Å². The van der Waals surface area contributed by atoms with Gasteiger partial charge in [0.15, 0.2) is 0 Å². The minimum absolute atomic E-state index is 0.521. The van der Waals surface area contributed by atoms with Gasteiger partial charge in [0.1, 0.15) is 11.6 Å². The maximum absolute atomic E-state index is 13.1. The van der Waals surface area contributed by atoms with E-state index in [2.05, 4.69) is 14.9 Å². The normalized spacial score (nSPS) is 14.4. The van der Waals surface area contributed by atoms with Crippen molar-refractivity contribution in [3.63, 3.8) is 0 Å². The quantitative estimate of drug-likeness (QED) is 0.918. The summed E-state index contributed by atoms with van der Waals surface area (Å²) >= 11 is 0. The summed E-state index contributed by atoms with van der Waals surface area (Å²) in [5.41, 5.74) is 2.99. The zero-order chi connectivity index (χ0) is 13.2. The van der Waals surface area contributed by atoms with Crippen LogP contribution in [0.5, 0.6) is 0 Å². The summed E-state index contributed by atoms with van der Waals surface area (Å²) in [7, 11) is 0. The number of imidazole rings is 1. The van der Waals surface area contributed by atoms with Crippen LogP contribution in [0.15, 0.2) is 24.5 Å². The maximum atomic E-state index is 13.1. The molecule has 2 heterocycles. The van der Waals surface area contributed by atoms with Crippen LogP contribution < -0.4 is 5.32 Å². The minimum Gasteiger partial charge on any atom is -0.334 e. The Morgan fingerprint density at radius 1 is 1.21 bits per heavy atom. The van der Waals surface area contributed by atoms with Gasteiger partial charge in [0.05, 0.1) is 12.0 Å². The van der Waals surface area contributed by atoms with Crippen LogP contribution >= 0.6 is 0 Å². The molecule has 1 N–H and O–H groups in total. The van der Waals surface area contributed by atoms with Gasteiger partial charge in [-0.05, 0) is 24.1 Å². The van der Waals surface area contributed by atoms with Crippen molar-refractivity contribution in [3.8, 4) is 0 Å². The van der Waals surface area contributed by atoms with Crippen LogP contribution in [0.3, 0.4) is 0 Å². The van der Waals surface area contributed by atoms with Gasteiger partial charge >= 0.3 is 0 Å². The number of nitrogens with zero attached hydrogens (tertiary/aromatic N) is 2. The third-order valence-electron chi connectivity index (χ3n) is 3.43. The second-order valence-electron chi connectivity index (χ2n) is 4.79. The third-order valence-corrected chi connectivity index (χ3v) is 3.43. The molecule has 0 atom stereocenters. The number of aryl methyl sites for hydroxylation is 2. The summed E-state index contributed by atoms with van der Waals surface area (Å²) in [6, 6.07) is 3.66. The van der Waals surface area contributed by atoms with E-state index in [1.165, 1.54) is 17.8 Å². The Balaban J connectivity index is 1.74. The van der Waals surface area contributed by atoms with E-state index in [1.54, 1.807) is 0 Å². The number of nitrogens with one attached hydrogen (secondary N) is 1. The molecule has 0 bridgehead atoms. The number of hydrogen-bond donors (Lipinski definition) is 1. The topological polar surface area (TPSA) is 29.9 Å². The average molecular weight is 263 g/mol. The maximum Gasteiger partial charge on any atom is 0.126 e. The van der Waals surface area contributed by atoms with E-state index in [1.807, 2.05) is 6.33 Å². The van der Waals surface area contributed by atoms with Gasteiger partial charge in [-0.3, -0.25) is 0 Å². The number of aromatic nitrogens is 2. The van der Waals surface area contributed by atoms with Gasteiger partial charge < -0.3 is 9.88 Å². The van der Waals surface area contributed by atoms with E-state index in [-0.39, 0.29) is 0 Å². The fourth-order valence-corrected chi connectivity index (χ4v) is 2.50. The molecule has 1 aliphatic rings. The fraction of sp³-hybridized carbons (Fsp3) is 0.357. The van der Waals surface area contributed by atoms with Crippen molar-refractivity contribution in [1.82, 2.24) is 14.9 Å². The smallest absolute Gasteiger partial charge is 0.126 e. The largest absolute Gasteiger partial charge is 0.334 e. The molecule has 1 aromatic heterocycles. The summed E-state index contributed by atoms with van der Waals surface area (Å²) in [5.74, 6) is -1.04. The number of hydrogen-bond acceptors (Lipinski definition) is 2. The molecule has 0 amide bonds. The monoisotopic (exact) mass is 263 g/mol. The van der Waals surface area contributed by atoms with Crippen molar-refractivity contribution in [2.45, 2.75) is 25.9 Å². The SMILES string of the molecule is Fc1cc(F)cc(CCn2cnc3c2CCNC3)c1. The standard InChI is InChI=1S/C14H15F2N3/c15-11-5-10(6-12(16)7-11)2-4-19-9-18-13-8-17-3-1-14(13)19/h5-7,9,17H,1-4,8H2. The first-order valence-corrected chi connectivity index (χ1v) is 6.41. The van der Waals surface area contributed by atoms with E-state index in [0.717, 1.165) is 31.3 Å². The molecule has 0 fully saturated rings. The summed E-state index contributed by atoms with van der Waals surface area (Å²) in [6.07, 6.45) is 3.37. The molecular weight excluding hydrogens is 248 g/mol. The molecule has 1 aromatic carbocycles. The van der Waals surface area contributed by atoms with Crippen LogP contribution in [0.1, 0.15) is 17.0 Å². The molecule has 0 unspecified atom stereocenters. The van der Waals surface area contributed by atoms with E-state index in [4.69, 9.17) is 0 Å². The Hall–Kier alpha value is -1.75. The van der Waals surface area contributed by atoms with Crippen LogP contribution in [0.25, 0.3) is 0 Å². The van der Waals surface area contributed by atoms with Gasteiger partial charge in [0.2, 0.25) is 0 Å². The van der Waals surface area contributed by atoms with Crippen LogP contribution in [0, 0.1) is 11.6 Å². The molecule has 3 rings (SSSR count). The molecule has 0 radical (unpaired) electrons. The Morgan fingerprint density at radius 2 is 2.00 bits per heavy atom. The first-order chi connectivity index (χ1) is 9.22. The number of halogens is 2. The molecule has 0 aliphatic carbocycles. The second kappa shape index (κ2) is 5.09. The fourth-order valence-electron chi connectivity index (χ4n) is 2.50. The molecule has 19 heavy (non-hydrogen) atoms. The molecule has 100 valence electrons. The van der Waals surface area contributed by atoms with Crippen molar-refractivity contribution in [3.05, 3.63) is 53.1 Å². The number of benzene rings is 1. The lowest BCUT2D eigenvalue weighted by Gasteiger charge is -2.15. The summed E-state index contributed by atoms with van der Waals surface area (Å²) < 4.78 is 28.3. The minimum atomic E-state index is -0.521. The molecule has 0 saturated heterocycles. The van der Waals surface area contributed by atoms with Gasteiger partial charge in [0, 0.05) is 37.8 Å². The average Bonchev–Trinajstić information content (AvgIpc) is 2.78. The molecular formula is C14H15F2N3. The Bertz CT molecular complexity index is 572. The zero-order valence-corrected chi connectivity index (χ0v) is 10.5. The third kappa shape index (κ3) is 2.66. The van der Waals surface area contributed by atoms with Crippen LogP contribution in [-0.4, -0.2) is 16.1 Å². The van der Waals surface area contributed by atoms with Gasteiger partial charge in [-0.25, -0.2) is 13.8 Å². The van der Waals surface area contributed by atoms with Gasteiger partial charge in [-0.2, -0.15) is 0 Å². The molecule has 0 saturated carbocycles. The van der Waals surface area contributed by atoms with Crippen molar-refractivity contribution in [1.29, 1.82) is 0 Å². The Kier molecular flexibility index (Phi) is 3.29. The highest BCUT2D eigenvalue weighted by Gasteiger charge is 2.14. The zero-order valence-electron chi connectivity index (χ0n) is 10.5. The van der Waals surface area contributed by atoms with E-state index in [9.17, 15) is 8.78 Å².